The number of fused-ring (bicyclic) bond motifs is 2. The molecular formula is C27H43NO2. The first-order valence-corrected chi connectivity index (χ1v) is 13.2. The van der Waals surface area contributed by atoms with E-state index in [1.807, 2.05) is 0 Å². The van der Waals surface area contributed by atoms with E-state index < -0.39 is 0 Å². The number of nitrogens with one attached hydrogen (secondary N) is 1. The van der Waals surface area contributed by atoms with Crippen LogP contribution in [-0.2, 0) is 9.59 Å². The molecule has 0 aliphatic heterocycles. The number of carbonyl (C=O) groups excluding carboxylic acids is 2. The third-order valence-corrected chi connectivity index (χ3v) is 9.34. The van der Waals surface area contributed by atoms with E-state index in [0.29, 0.717) is 36.7 Å². The van der Waals surface area contributed by atoms with Gasteiger partial charge in [0.1, 0.15) is 11.6 Å². The average Bonchev–Trinajstić information content (AvgIpc) is 3.00. The lowest BCUT2D eigenvalue weighted by atomic mass is 9.64. The van der Waals surface area contributed by atoms with Gasteiger partial charge in [-0.2, -0.15) is 0 Å². The summed E-state index contributed by atoms with van der Waals surface area (Å²) in [5, 5.41) is 8.37. The maximum absolute atomic E-state index is 13.0. The van der Waals surface area contributed by atoms with Crippen molar-refractivity contribution in [2.24, 2.45) is 35.5 Å². The molecule has 0 aromatic rings. The van der Waals surface area contributed by atoms with Gasteiger partial charge >= 0.3 is 0 Å². The van der Waals surface area contributed by atoms with E-state index in [-0.39, 0.29) is 17.6 Å². The van der Waals surface area contributed by atoms with Crippen molar-refractivity contribution in [2.75, 3.05) is 0 Å². The van der Waals surface area contributed by atoms with Crippen LogP contribution in [-0.4, -0.2) is 17.3 Å². The summed E-state index contributed by atoms with van der Waals surface area (Å²) >= 11 is 0. The van der Waals surface area contributed by atoms with E-state index in [2.05, 4.69) is 0 Å². The highest BCUT2D eigenvalue weighted by Crippen LogP contribution is 2.45. The molecule has 4 rings (SSSR count). The molecule has 0 heterocycles. The molecule has 5 atom stereocenters. The molecule has 3 nitrogen and oxygen atoms in total. The number of Topliss-reactive ketones (excluding diaryl/α,β-unsaturated/α-hetero) is 2. The molecule has 0 aromatic heterocycles. The Morgan fingerprint density at radius 1 is 0.600 bits per heavy atom. The Bertz CT molecular complexity index is 608. The third kappa shape index (κ3) is 5.43. The van der Waals surface area contributed by atoms with Crippen molar-refractivity contribution in [1.29, 1.82) is 5.41 Å². The van der Waals surface area contributed by atoms with E-state index in [0.717, 1.165) is 37.0 Å². The summed E-state index contributed by atoms with van der Waals surface area (Å²) < 4.78 is 0. The summed E-state index contributed by atoms with van der Waals surface area (Å²) in [6, 6.07) is 0. The van der Waals surface area contributed by atoms with Gasteiger partial charge in [0, 0.05) is 30.4 Å². The molecule has 1 N–H and O–H groups in total. The molecule has 5 unspecified atom stereocenters. The summed E-state index contributed by atoms with van der Waals surface area (Å²) in [7, 11) is 0. The summed E-state index contributed by atoms with van der Waals surface area (Å²) in [6.07, 6.45) is 20.1. The minimum Gasteiger partial charge on any atom is -0.309 e. The predicted octanol–water partition coefficient (Wildman–Crippen LogP) is 6.92. The Hall–Kier alpha value is -0.990. The highest BCUT2D eigenvalue weighted by atomic mass is 16.1. The highest BCUT2D eigenvalue weighted by Gasteiger charge is 2.38. The Balaban J connectivity index is 1.21. The maximum Gasteiger partial charge on any atom is 0.141 e. The van der Waals surface area contributed by atoms with Crippen molar-refractivity contribution in [3.63, 3.8) is 0 Å². The first-order valence-electron chi connectivity index (χ1n) is 13.2. The molecule has 0 saturated heterocycles. The molecule has 4 fully saturated rings. The molecule has 0 bridgehead atoms. The second-order valence-corrected chi connectivity index (χ2v) is 11.1. The van der Waals surface area contributed by atoms with Crippen LogP contribution in [0.25, 0.3) is 0 Å². The fourth-order valence-corrected chi connectivity index (χ4v) is 7.58. The van der Waals surface area contributed by atoms with Crippen LogP contribution in [0.5, 0.6) is 0 Å². The Kier molecular flexibility index (Phi) is 7.81. The van der Waals surface area contributed by atoms with Crippen molar-refractivity contribution in [2.45, 2.75) is 116 Å². The zero-order chi connectivity index (χ0) is 20.9. The molecule has 30 heavy (non-hydrogen) atoms. The summed E-state index contributed by atoms with van der Waals surface area (Å²) in [4.78, 5) is 25.8. The van der Waals surface area contributed by atoms with Gasteiger partial charge in [-0.1, -0.05) is 57.8 Å². The van der Waals surface area contributed by atoms with Crippen molar-refractivity contribution in [3.05, 3.63) is 0 Å². The lowest BCUT2D eigenvalue weighted by molar-refractivity contribution is -0.127. The predicted molar refractivity (Wildman–Crippen MR) is 122 cm³/mol. The molecule has 4 aliphatic rings. The van der Waals surface area contributed by atoms with E-state index in [9.17, 15) is 9.59 Å². The van der Waals surface area contributed by atoms with Gasteiger partial charge < -0.3 is 5.41 Å². The first-order chi connectivity index (χ1) is 14.6. The maximum atomic E-state index is 13.0. The second-order valence-electron chi connectivity index (χ2n) is 11.1. The molecule has 168 valence electrons. The van der Waals surface area contributed by atoms with Gasteiger partial charge in [-0.15, -0.1) is 0 Å². The van der Waals surface area contributed by atoms with Crippen LogP contribution >= 0.6 is 0 Å². The number of rotatable bonds is 7. The standard InChI is InChI=1S/C27H43NO2/c28-23(16-17-26(29)25-11-5-9-21-8-3-4-10-24(21)25)18-27(30)22-14-12-19-6-1-2-7-20(19)13-15-22/h19-22,24-25,28H,1-18H2. The molecule has 3 heteroatoms. The second kappa shape index (κ2) is 10.6. The number of ketones is 2. The van der Waals surface area contributed by atoms with E-state index in [1.54, 1.807) is 0 Å². The van der Waals surface area contributed by atoms with Crippen LogP contribution in [0.15, 0.2) is 0 Å². The van der Waals surface area contributed by atoms with E-state index in [4.69, 9.17) is 5.41 Å². The van der Waals surface area contributed by atoms with Crippen LogP contribution in [0.3, 0.4) is 0 Å². The molecular weight excluding hydrogens is 370 g/mol. The topological polar surface area (TPSA) is 58.0 Å². The lowest BCUT2D eigenvalue weighted by Gasteiger charge is -2.40. The third-order valence-electron chi connectivity index (χ3n) is 9.34. The number of carbonyl (C=O) groups is 2. The zero-order valence-electron chi connectivity index (χ0n) is 19.0. The van der Waals surface area contributed by atoms with Crippen LogP contribution in [0.4, 0.5) is 0 Å². The van der Waals surface area contributed by atoms with Gasteiger partial charge in [0.15, 0.2) is 0 Å². The van der Waals surface area contributed by atoms with Gasteiger partial charge in [-0.3, -0.25) is 9.59 Å². The van der Waals surface area contributed by atoms with Crippen LogP contribution in [0.1, 0.15) is 116 Å². The SMILES string of the molecule is N=C(CCC(=O)C1CCCC2CCCCC21)CC(=O)C1CCC2CCCCC2CC1. The molecule has 0 radical (unpaired) electrons. The lowest BCUT2D eigenvalue weighted by Crippen LogP contribution is -2.35. The highest BCUT2D eigenvalue weighted by molar-refractivity contribution is 6.02. The number of hydrogen-bond acceptors (Lipinski definition) is 3. The Labute approximate surface area is 183 Å². The molecule has 4 saturated carbocycles. The van der Waals surface area contributed by atoms with E-state index in [1.165, 1.54) is 77.0 Å². The van der Waals surface area contributed by atoms with Crippen LogP contribution in [0, 0.1) is 40.9 Å². The Morgan fingerprint density at radius 2 is 1.20 bits per heavy atom. The largest absolute Gasteiger partial charge is 0.309 e. The monoisotopic (exact) mass is 413 g/mol. The zero-order valence-corrected chi connectivity index (χ0v) is 19.0. The average molecular weight is 414 g/mol. The van der Waals surface area contributed by atoms with Gasteiger partial charge in [-0.05, 0) is 68.6 Å². The fourth-order valence-electron chi connectivity index (χ4n) is 7.58. The normalized spacial score (nSPS) is 36.8. The summed E-state index contributed by atoms with van der Waals surface area (Å²) in [5.74, 6) is 4.20. The first kappa shape index (κ1) is 22.2. The molecule has 0 aromatic carbocycles. The van der Waals surface area contributed by atoms with Gasteiger partial charge in [0.05, 0.1) is 0 Å². The van der Waals surface area contributed by atoms with Crippen molar-refractivity contribution in [3.8, 4) is 0 Å². The fraction of sp³-hybridized carbons (Fsp3) is 0.889. The minimum atomic E-state index is 0.174. The molecule has 0 spiro atoms. The summed E-state index contributed by atoms with van der Waals surface area (Å²) in [5.41, 5.74) is 0.506. The van der Waals surface area contributed by atoms with Gasteiger partial charge in [-0.25, -0.2) is 0 Å². The van der Waals surface area contributed by atoms with Gasteiger partial charge in [0.2, 0.25) is 0 Å². The van der Waals surface area contributed by atoms with Crippen molar-refractivity contribution >= 4 is 17.3 Å². The quantitative estimate of drug-likeness (QED) is 0.461. The smallest absolute Gasteiger partial charge is 0.141 e. The minimum absolute atomic E-state index is 0.174. The molecule has 0 amide bonds. The van der Waals surface area contributed by atoms with Crippen LogP contribution < -0.4 is 0 Å². The Morgan fingerprint density at radius 3 is 1.90 bits per heavy atom. The number of hydrogen-bond donors (Lipinski definition) is 1. The van der Waals surface area contributed by atoms with Crippen molar-refractivity contribution in [1.82, 2.24) is 0 Å². The van der Waals surface area contributed by atoms with Gasteiger partial charge in [0.25, 0.3) is 0 Å². The van der Waals surface area contributed by atoms with Crippen LogP contribution in [0.2, 0.25) is 0 Å². The van der Waals surface area contributed by atoms with Crippen molar-refractivity contribution < 1.29 is 9.59 Å². The summed E-state index contributed by atoms with van der Waals surface area (Å²) in [6.45, 7) is 0. The molecule has 4 aliphatic carbocycles. The van der Waals surface area contributed by atoms with E-state index >= 15 is 0 Å².